The molecular weight excluding hydrogens is 324 g/mol. The molecule has 0 aliphatic carbocycles. The largest absolute Gasteiger partial charge is 0.350 e. The average molecular weight is 346 g/mol. The Morgan fingerprint density at radius 3 is 2.38 bits per heavy atom. The molecule has 0 saturated heterocycles. The highest BCUT2D eigenvalue weighted by Gasteiger charge is 2.17. The highest BCUT2D eigenvalue weighted by Crippen LogP contribution is 2.15. The summed E-state index contributed by atoms with van der Waals surface area (Å²) in [6.45, 7) is 2.44. The molecule has 0 aromatic heterocycles. The Labute approximate surface area is 153 Å². The summed E-state index contributed by atoms with van der Waals surface area (Å²) < 4.78 is 0. The zero-order chi connectivity index (χ0) is 18.4. The van der Waals surface area contributed by atoms with Gasteiger partial charge in [-0.15, -0.1) is 0 Å². The van der Waals surface area contributed by atoms with Crippen molar-refractivity contribution in [3.63, 3.8) is 0 Å². The summed E-state index contributed by atoms with van der Waals surface area (Å²) >= 11 is 0. The van der Waals surface area contributed by atoms with Gasteiger partial charge in [-0.05, 0) is 34.9 Å². The lowest BCUT2D eigenvalue weighted by Gasteiger charge is -2.16. The maximum Gasteiger partial charge on any atom is 0.243 e. The van der Waals surface area contributed by atoms with Crippen molar-refractivity contribution in [1.29, 1.82) is 0 Å². The minimum Gasteiger partial charge on any atom is -0.350 e. The number of hydrogen-bond donors (Lipinski definition) is 2. The van der Waals surface area contributed by atoms with Crippen molar-refractivity contribution in [2.45, 2.75) is 25.9 Å². The topological polar surface area (TPSA) is 58.2 Å². The monoisotopic (exact) mass is 346 g/mol. The lowest BCUT2D eigenvalue weighted by molar-refractivity contribution is -0.125. The van der Waals surface area contributed by atoms with Gasteiger partial charge in [0.2, 0.25) is 12.3 Å². The fourth-order valence-electron chi connectivity index (χ4n) is 2.93. The number of benzene rings is 3. The molecule has 4 heteroatoms. The van der Waals surface area contributed by atoms with Crippen molar-refractivity contribution in [2.24, 2.45) is 0 Å². The van der Waals surface area contributed by atoms with E-state index in [4.69, 9.17) is 0 Å². The molecule has 0 saturated carbocycles. The van der Waals surface area contributed by atoms with Crippen LogP contribution in [0.5, 0.6) is 0 Å². The fraction of sp³-hybridized carbons (Fsp3) is 0.182. The standard InChI is InChI=1S/C22H22N2O2/c1-16-6-8-17(9-7-16)13-21(24-15-25)22(26)23-14-18-10-11-19-4-2-3-5-20(19)12-18/h2-12,15,21H,13-14H2,1H3,(H,23,26)(H,24,25)/t21-/m0/s1. The van der Waals surface area contributed by atoms with Gasteiger partial charge in [0.1, 0.15) is 6.04 Å². The molecule has 3 rings (SSSR count). The third-order valence-electron chi connectivity index (χ3n) is 4.43. The average Bonchev–Trinajstić information content (AvgIpc) is 2.67. The van der Waals surface area contributed by atoms with Gasteiger partial charge < -0.3 is 10.6 Å². The van der Waals surface area contributed by atoms with Gasteiger partial charge >= 0.3 is 0 Å². The molecular formula is C22H22N2O2. The fourth-order valence-corrected chi connectivity index (χ4v) is 2.93. The second-order valence-electron chi connectivity index (χ2n) is 6.43. The van der Waals surface area contributed by atoms with Gasteiger partial charge in [0, 0.05) is 13.0 Å². The third-order valence-corrected chi connectivity index (χ3v) is 4.43. The molecule has 0 bridgehead atoms. The van der Waals surface area contributed by atoms with E-state index in [1.807, 2.05) is 55.5 Å². The Bertz CT molecular complexity index is 903. The quantitative estimate of drug-likeness (QED) is 0.646. The van der Waals surface area contributed by atoms with Crippen LogP contribution in [0.3, 0.4) is 0 Å². The molecule has 4 nitrogen and oxygen atoms in total. The first-order chi connectivity index (χ1) is 12.7. The molecule has 0 aliphatic heterocycles. The van der Waals surface area contributed by atoms with Gasteiger partial charge in [-0.1, -0.05) is 66.2 Å². The van der Waals surface area contributed by atoms with Crippen molar-refractivity contribution in [1.82, 2.24) is 10.6 Å². The first kappa shape index (κ1) is 17.7. The number of fused-ring (bicyclic) bond motifs is 1. The van der Waals surface area contributed by atoms with E-state index < -0.39 is 6.04 Å². The molecule has 3 aromatic carbocycles. The number of aryl methyl sites for hydroxylation is 1. The first-order valence-electron chi connectivity index (χ1n) is 8.66. The molecule has 0 heterocycles. The van der Waals surface area contributed by atoms with Crippen LogP contribution < -0.4 is 10.6 Å². The highest BCUT2D eigenvalue weighted by molar-refractivity contribution is 5.85. The Morgan fingerprint density at radius 2 is 1.65 bits per heavy atom. The van der Waals surface area contributed by atoms with E-state index in [1.54, 1.807) is 0 Å². The molecule has 0 fully saturated rings. The second kappa shape index (κ2) is 8.30. The van der Waals surface area contributed by atoms with E-state index in [1.165, 1.54) is 5.39 Å². The molecule has 26 heavy (non-hydrogen) atoms. The van der Waals surface area contributed by atoms with Crippen molar-refractivity contribution in [3.8, 4) is 0 Å². The Morgan fingerprint density at radius 1 is 0.962 bits per heavy atom. The number of nitrogens with one attached hydrogen (secondary N) is 2. The second-order valence-corrected chi connectivity index (χ2v) is 6.43. The minimum atomic E-state index is -0.587. The Balaban J connectivity index is 1.64. The highest BCUT2D eigenvalue weighted by atomic mass is 16.2. The maximum absolute atomic E-state index is 12.5. The summed E-state index contributed by atoms with van der Waals surface area (Å²) in [5.74, 6) is -0.189. The molecule has 0 radical (unpaired) electrons. The predicted octanol–water partition coefficient (Wildman–Crippen LogP) is 3.12. The number of amides is 2. The lowest BCUT2D eigenvalue weighted by Crippen LogP contribution is -2.44. The predicted molar refractivity (Wildman–Crippen MR) is 104 cm³/mol. The summed E-state index contributed by atoms with van der Waals surface area (Å²) in [6.07, 6.45) is 1.04. The smallest absolute Gasteiger partial charge is 0.243 e. The zero-order valence-corrected chi connectivity index (χ0v) is 14.7. The van der Waals surface area contributed by atoms with Crippen LogP contribution in [0.4, 0.5) is 0 Å². The molecule has 132 valence electrons. The van der Waals surface area contributed by atoms with E-state index in [2.05, 4.69) is 28.8 Å². The van der Waals surface area contributed by atoms with Crippen LogP contribution in [0.15, 0.2) is 66.7 Å². The van der Waals surface area contributed by atoms with Crippen molar-refractivity contribution in [2.75, 3.05) is 0 Å². The molecule has 2 amide bonds. The van der Waals surface area contributed by atoms with Gasteiger partial charge in [-0.3, -0.25) is 9.59 Å². The van der Waals surface area contributed by atoms with Crippen molar-refractivity contribution >= 4 is 23.1 Å². The van der Waals surface area contributed by atoms with Gasteiger partial charge in [0.05, 0.1) is 0 Å². The van der Waals surface area contributed by atoms with E-state index >= 15 is 0 Å². The summed E-state index contributed by atoms with van der Waals surface area (Å²) in [5.41, 5.74) is 3.20. The van der Waals surface area contributed by atoms with E-state index in [9.17, 15) is 9.59 Å². The van der Waals surface area contributed by atoms with Crippen LogP contribution in [0.1, 0.15) is 16.7 Å². The van der Waals surface area contributed by atoms with E-state index in [0.29, 0.717) is 19.4 Å². The molecule has 0 unspecified atom stereocenters. The van der Waals surface area contributed by atoms with E-state index in [0.717, 1.165) is 22.1 Å². The SMILES string of the molecule is Cc1ccc(C[C@H](NC=O)C(=O)NCc2ccc3ccccc3c2)cc1. The number of hydrogen-bond acceptors (Lipinski definition) is 2. The van der Waals surface area contributed by atoms with Gasteiger partial charge in [-0.2, -0.15) is 0 Å². The van der Waals surface area contributed by atoms with Crippen LogP contribution in [-0.4, -0.2) is 18.4 Å². The van der Waals surface area contributed by atoms with Crippen LogP contribution in [0.25, 0.3) is 10.8 Å². The van der Waals surface area contributed by atoms with Gasteiger partial charge in [0.25, 0.3) is 0 Å². The minimum absolute atomic E-state index is 0.189. The summed E-state index contributed by atoms with van der Waals surface area (Å²) in [4.78, 5) is 23.4. The molecule has 1 atom stereocenters. The normalized spacial score (nSPS) is 11.7. The van der Waals surface area contributed by atoms with Crippen LogP contribution >= 0.6 is 0 Å². The van der Waals surface area contributed by atoms with Gasteiger partial charge in [0.15, 0.2) is 0 Å². The molecule has 3 aromatic rings. The molecule has 0 spiro atoms. The Hall–Kier alpha value is -3.14. The Kier molecular flexibility index (Phi) is 5.64. The number of carbonyl (C=O) groups is 2. The van der Waals surface area contributed by atoms with E-state index in [-0.39, 0.29) is 5.91 Å². The van der Waals surface area contributed by atoms with Crippen LogP contribution in [-0.2, 0) is 22.6 Å². The third kappa shape index (κ3) is 4.48. The number of carbonyl (C=O) groups excluding carboxylic acids is 2. The summed E-state index contributed by atoms with van der Waals surface area (Å²) in [6, 6.07) is 21.6. The summed E-state index contributed by atoms with van der Waals surface area (Å²) in [7, 11) is 0. The number of rotatable bonds is 7. The van der Waals surface area contributed by atoms with Crippen LogP contribution in [0, 0.1) is 6.92 Å². The maximum atomic E-state index is 12.5. The molecule has 2 N–H and O–H groups in total. The summed E-state index contributed by atoms with van der Waals surface area (Å²) in [5, 5.41) is 7.85. The van der Waals surface area contributed by atoms with Crippen LogP contribution in [0.2, 0.25) is 0 Å². The van der Waals surface area contributed by atoms with Crippen molar-refractivity contribution in [3.05, 3.63) is 83.4 Å². The first-order valence-corrected chi connectivity index (χ1v) is 8.66. The molecule has 0 aliphatic rings. The van der Waals surface area contributed by atoms with Gasteiger partial charge in [-0.25, -0.2) is 0 Å². The zero-order valence-electron chi connectivity index (χ0n) is 14.7. The lowest BCUT2D eigenvalue weighted by atomic mass is 10.0. The van der Waals surface area contributed by atoms with Crippen molar-refractivity contribution < 1.29 is 9.59 Å².